The number of nitrogens with zero attached hydrogens (tertiary/aromatic N) is 3. The molecular formula is C16H27N3O2. The van der Waals surface area contributed by atoms with Crippen LogP contribution in [0.15, 0.2) is 6.20 Å². The van der Waals surface area contributed by atoms with E-state index in [1.165, 1.54) is 11.3 Å². The van der Waals surface area contributed by atoms with Crippen molar-refractivity contribution in [1.82, 2.24) is 14.7 Å². The molecule has 1 N–H and O–H groups in total. The third-order valence-electron chi connectivity index (χ3n) is 5.30. The summed E-state index contributed by atoms with van der Waals surface area (Å²) in [5.74, 6) is 0.474. The van der Waals surface area contributed by atoms with Gasteiger partial charge in [-0.2, -0.15) is 5.10 Å². The van der Waals surface area contributed by atoms with Crippen molar-refractivity contribution >= 4 is 0 Å². The first-order chi connectivity index (χ1) is 10.2. The molecule has 0 aliphatic carbocycles. The van der Waals surface area contributed by atoms with Crippen molar-refractivity contribution in [2.24, 2.45) is 11.3 Å². The summed E-state index contributed by atoms with van der Waals surface area (Å²) in [4.78, 5) is 2.47. The number of hydrogen-bond donors (Lipinski definition) is 1. The van der Waals surface area contributed by atoms with E-state index < -0.39 is 0 Å². The Morgan fingerprint density at radius 1 is 1.52 bits per heavy atom. The fourth-order valence-corrected chi connectivity index (χ4v) is 3.86. The van der Waals surface area contributed by atoms with Crippen LogP contribution in [0, 0.1) is 18.3 Å². The zero-order valence-electron chi connectivity index (χ0n) is 13.2. The third kappa shape index (κ3) is 2.74. The fourth-order valence-electron chi connectivity index (χ4n) is 3.86. The van der Waals surface area contributed by atoms with Gasteiger partial charge in [-0.1, -0.05) is 6.92 Å². The van der Waals surface area contributed by atoms with Gasteiger partial charge in [0.1, 0.15) is 0 Å². The summed E-state index contributed by atoms with van der Waals surface area (Å²) >= 11 is 0. The first-order valence-corrected chi connectivity index (χ1v) is 8.11. The molecule has 0 radical (unpaired) electrons. The minimum atomic E-state index is 0.0611. The van der Waals surface area contributed by atoms with Crippen molar-refractivity contribution in [3.63, 3.8) is 0 Å². The van der Waals surface area contributed by atoms with Gasteiger partial charge in [0.2, 0.25) is 0 Å². The first kappa shape index (κ1) is 15.0. The average Bonchev–Trinajstić information content (AvgIpc) is 3.03. The van der Waals surface area contributed by atoms with Gasteiger partial charge in [0.25, 0.3) is 0 Å². The molecule has 3 rings (SSSR count). The van der Waals surface area contributed by atoms with Crippen LogP contribution in [0.4, 0.5) is 0 Å². The molecule has 2 saturated heterocycles. The molecule has 2 atom stereocenters. The quantitative estimate of drug-likeness (QED) is 0.892. The van der Waals surface area contributed by atoms with Crippen molar-refractivity contribution in [3.05, 3.63) is 17.5 Å². The fraction of sp³-hybridized carbons (Fsp3) is 0.812. The second-order valence-corrected chi connectivity index (χ2v) is 6.69. The number of aliphatic hydroxyl groups excluding tert-OH is 1. The highest BCUT2D eigenvalue weighted by Gasteiger charge is 2.47. The van der Waals surface area contributed by atoms with Crippen molar-refractivity contribution in [3.8, 4) is 0 Å². The van der Waals surface area contributed by atoms with Crippen LogP contribution < -0.4 is 0 Å². The smallest absolute Gasteiger partial charge is 0.0537 e. The highest BCUT2D eigenvalue weighted by Crippen LogP contribution is 2.42. The van der Waals surface area contributed by atoms with Crippen LogP contribution in [-0.4, -0.2) is 52.7 Å². The van der Waals surface area contributed by atoms with Gasteiger partial charge in [-0.05, 0) is 19.8 Å². The summed E-state index contributed by atoms with van der Waals surface area (Å²) in [5, 5.41) is 14.4. The van der Waals surface area contributed by atoms with Gasteiger partial charge in [-0.25, -0.2) is 0 Å². The lowest BCUT2D eigenvalue weighted by atomic mass is 9.75. The van der Waals surface area contributed by atoms with Crippen LogP contribution in [0.3, 0.4) is 0 Å². The largest absolute Gasteiger partial charge is 0.396 e. The van der Waals surface area contributed by atoms with Gasteiger partial charge >= 0.3 is 0 Å². The van der Waals surface area contributed by atoms with Crippen molar-refractivity contribution in [2.75, 3.05) is 32.9 Å². The van der Waals surface area contributed by atoms with E-state index in [4.69, 9.17) is 4.74 Å². The molecule has 118 valence electrons. The van der Waals surface area contributed by atoms with E-state index >= 15 is 0 Å². The Labute approximate surface area is 126 Å². The predicted molar refractivity (Wildman–Crippen MR) is 81.0 cm³/mol. The SMILES string of the molecule is CCCn1ncc(CN2C[C@@H]3COCC[C@]3(CO)C2)c1C. The molecular weight excluding hydrogens is 266 g/mol. The van der Waals surface area contributed by atoms with Gasteiger partial charge in [-0.3, -0.25) is 9.58 Å². The Hall–Kier alpha value is -0.910. The molecule has 2 fully saturated rings. The summed E-state index contributed by atoms with van der Waals surface area (Å²) in [7, 11) is 0. The zero-order chi connectivity index (χ0) is 14.9. The van der Waals surface area contributed by atoms with Crippen LogP contribution in [0.2, 0.25) is 0 Å². The molecule has 1 aromatic heterocycles. The lowest BCUT2D eigenvalue weighted by molar-refractivity contribution is -0.0417. The Bertz CT molecular complexity index is 488. The molecule has 5 heteroatoms. The Kier molecular flexibility index (Phi) is 4.33. The zero-order valence-corrected chi connectivity index (χ0v) is 13.2. The topological polar surface area (TPSA) is 50.5 Å². The lowest BCUT2D eigenvalue weighted by Gasteiger charge is -2.36. The van der Waals surface area contributed by atoms with E-state index in [2.05, 4.69) is 28.5 Å². The highest BCUT2D eigenvalue weighted by atomic mass is 16.5. The van der Waals surface area contributed by atoms with Crippen molar-refractivity contribution < 1.29 is 9.84 Å². The maximum atomic E-state index is 9.87. The van der Waals surface area contributed by atoms with Crippen LogP contribution in [0.5, 0.6) is 0 Å². The van der Waals surface area contributed by atoms with Crippen LogP contribution in [-0.2, 0) is 17.8 Å². The average molecular weight is 293 g/mol. The number of likely N-dealkylation sites (tertiary alicyclic amines) is 1. The van der Waals surface area contributed by atoms with E-state index in [1.54, 1.807) is 0 Å². The van der Waals surface area contributed by atoms with E-state index in [9.17, 15) is 5.11 Å². The number of aliphatic hydroxyl groups is 1. The molecule has 2 aliphatic rings. The number of aromatic nitrogens is 2. The third-order valence-corrected chi connectivity index (χ3v) is 5.30. The molecule has 21 heavy (non-hydrogen) atoms. The monoisotopic (exact) mass is 293 g/mol. The normalized spacial score (nSPS) is 29.8. The van der Waals surface area contributed by atoms with Gasteiger partial charge in [-0.15, -0.1) is 0 Å². The molecule has 0 saturated carbocycles. The maximum absolute atomic E-state index is 9.87. The minimum Gasteiger partial charge on any atom is -0.396 e. The second-order valence-electron chi connectivity index (χ2n) is 6.69. The van der Waals surface area contributed by atoms with Crippen LogP contribution in [0.25, 0.3) is 0 Å². The lowest BCUT2D eigenvalue weighted by Crippen LogP contribution is -2.41. The molecule has 1 aromatic rings. The molecule has 0 unspecified atom stereocenters. The molecule has 3 heterocycles. The van der Waals surface area contributed by atoms with Gasteiger partial charge in [0.15, 0.2) is 0 Å². The highest BCUT2D eigenvalue weighted by molar-refractivity contribution is 5.16. The number of hydrogen-bond acceptors (Lipinski definition) is 4. The molecule has 5 nitrogen and oxygen atoms in total. The minimum absolute atomic E-state index is 0.0611. The van der Waals surface area contributed by atoms with Crippen molar-refractivity contribution in [2.45, 2.75) is 39.8 Å². The van der Waals surface area contributed by atoms with E-state index in [0.717, 1.165) is 52.2 Å². The van der Waals surface area contributed by atoms with Crippen LogP contribution >= 0.6 is 0 Å². The molecule has 0 aromatic carbocycles. The number of fused-ring (bicyclic) bond motifs is 1. The molecule has 0 bridgehead atoms. The Morgan fingerprint density at radius 2 is 2.38 bits per heavy atom. The molecule has 2 aliphatic heterocycles. The summed E-state index contributed by atoms with van der Waals surface area (Å²) in [6.07, 6.45) is 4.10. The van der Waals surface area contributed by atoms with E-state index in [-0.39, 0.29) is 12.0 Å². The van der Waals surface area contributed by atoms with Gasteiger partial charge in [0.05, 0.1) is 19.4 Å². The number of rotatable bonds is 5. The summed E-state index contributed by atoms with van der Waals surface area (Å²) in [6.45, 7) is 10.1. The molecule has 0 spiro atoms. The van der Waals surface area contributed by atoms with Gasteiger partial charge in [0, 0.05) is 55.4 Å². The summed E-state index contributed by atoms with van der Waals surface area (Å²) in [5.41, 5.74) is 2.66. The summed E-state index contributed by atoms with van der Waals surface area (Å²) in [6, 6.07) is 0. The number of ether oxygens (including phenoxy) is 1. The van der Waals surface area contributed by atoms with Crippen LogP contribution in [0.1, 0.15) is 31.0 Å². The number of aryl methyl sites for hydroxylation is 1. The summed E-state index contributed by atoms with van der Waals surface area (Å²) < 4.78 is 7.71. The Balaban J connectivity index is 1.69. The van der Waals surface area contributed by atoms with Gasteiger partial charge < -0.3 is 9.84 Å². The van der Waals surface area contributed by atoms with E-state index in [0.29, 0.717) is 5.92 Å². The molecule has 0 amide bonds. The first-order valence-electron chi connectivity index (χ1n) is 8.11. The predicted octanol–water partition coefficient (Wildman–Crippen LogP) is 1.43. The standard InChI is InChI=1S/C16H27N3O2/c1-3-5-19-13(2)14(7-17-19)8-18-9-15-10-21-6-4-16(15,11-18)12-20/h7,15,20H,3-6,8-12H2,1-2H3/t15-,16-/m1/s1. The second kappa shape index (κ2) is 6.07. The Morgan fingerprint density at radius 3 is 3.10 bits per heavy atom. The van der Waals surface area contributed by atoms with Crippen molar-refractivity contribution in [1.29, 1.82) is 0 Å². The maximum Gasteiger partial charge on any atom is 0.0537 e. The van der Waals surface area contributed by atoms with E-state index in [1.807, 2.05) is 6.20 Å².